The van der Waals surface area contributed by atoms with Crippen LogP contribution in [0.2, 0.25) is 0 Å². The van der Waals surface area contributed by atoms with E-state index >= 15 is 0 Å². The van der Waals surface area contributed by atoms with Crippen LogP contribution in [-0.2, 0) is 6.42 Å². The van der Waals surface area contributed by atoms with E-state index < -0.39 is 0 Å². The molecule has 2 rings (SSSR count). The molecule has 0 aromatic heterocycles. The summed E-state index contributed by atoms with van der Waals surface area (Å²) in [4.78, 5) is 2.36. The highest BCUT2D eigenvalue weighted by molar-refractivity contribution is 5.80. The predicted octanol–water partition coefficient (Wildman–Crippen LogP) is 2.27. The number of fused-ring (bicyclic) bond motifs is 1. The summed E-state index contributed by atoms with van der Waals surface area (Å²) in [6.45, 7) is 5.28. The van der Waals surface area contributed by atoms with Gasteiger partial charge in [-0.3, -0.25) is 0 Å². The quantitative estimate of drug-likeness (QED) is 0.373. The molecule has 0 radical (unpaired) electrons. The maximum Gasteiger partial charge on any atom is 0.141 e. The van der Waals surface area contributed by atoms with Crippen molar-refractivity contribution in [3.8, 4) is 0 Å². The van der Waals surface area contributed by atoms with Crippen LogP contribution >= 0.6 is 0 Å². The number of hydrogen-bond acceptors (Lipinski definition) is 3. The molecule has 4 heteroatoms. The number of benzene rings is 1. The average Bonchev–Trinajstić information content (AvgIpc) is 2.37. The fourth-order valence-corrected chi connectivity index (χ4v) is 2.67. The molecule has 0 fully saturated rings. The minimum Gasteiger partial charge on any atom is -0.409 e. The summed E-state index contributed by atoms with van der Waals surface area (Å²) in [5.41, 5.74) is 9.61. The summed E-state index contributed by atoms with van der Waals surface area (Å²) in [5, 5.41) is 11.7. The van der Waals surface area contributed by atoms with Crippen LogP contribution in [0.4, 0.5) is 5.69 Å². The van der Waals surface area contributed by atoms with Crippen LogP contribution < -0.4 is 10.6 Å². The second-order valence-corrected chi connectivity index (χ2v) is 5.07. The molecule has 1 aromatic carbocycles. The Morgan fingerprint density at radius 1 is 1.56 bits per heavy atom. The molecule has 1 heterocycles. The zero-order valence-electron chi connectivity index (χ0n) is 11.1. The predicted molar refractivity (Wildman–Crippen MR) is 74.3 cm³/mol. The van der Waals surface area contributed by atoms with Crippen LogP contribution in [0.1, 0.15) is 30.9 Å². The Morgan fingerprint density at radius 2 is 2.33 bits per heavy atom. The number of rotatable bonds is 3. The first-order valence-electron chi connectivity index (χ1n) is 6.44. The molecule has 0 amide bonds. The first-order valence-corrected chi connectivity index (χ1v) is 6.44. The molecule has 18 heavy (non-hydrogen) atoms. The Kier molecular flexibility index (Phi) is 3.75. The maximum absolute atomic E-state index is 8.66. The van der Waals surface area contributed by atoms with Gasteiger partial charge in [-0.05, 0) is 38.3 Å². The molecule has 1 unspecified atom stereocenters. The smallest absolute Gasteiger partial charge is 0.141 e. The van der Waals surface area contributed by atoms with Crippen LogP contribution in [0, 0.1) is 6.92 Å². The van der Waals surface area contributed by atoms with Crippen molar-refractivity contribution >= 4 is 11.5 Å². The average molecular weight is 247 g/mol. The van der Waals surface area contributed by atoms with Crippen molar-refractivity contribution in [2.24, 2.45) is 10.9 Å². The van der Waals surface area contributed by atoms with Gasteiger partial charge in [0.05, 0.1) is 0 Å². The number of amidine groups is 1. The van der Waals surface area contributed by atoms with Crippen molar-refractivity contribution in [1.82, 2.24) is 0 Å². The minimum atomic E-state index is 0.252. The largest absolute Gasteiger partial charge is 0.409 e. The molecule has 0 spiro atoms. The van der Waals surface area contributed by atoms with Gasteiger partial charge in [0, 0.05) is 24.7 Å². The van der Waals surface area contributed by atoms with Crippen molar-refractivity contribution < 1.29 is 5.21 Å². The third-order valence-electron chi connectivity index (χ3n) is 3.55. The van der Waals surface area contributed by atoms with E-state index in [9.17, 15) is 0 Å². The highest BCUT2D eigenvalue weighted by atomic mass is 16.4. The summed E-state index contributed by atoms with van der Waals surface area (Å²) >= 11 is 0. The molecular weight excluding hydrogens is 226 g/mol. The van der Waals surface area contributed by atoms with Gasteiger partial charge in [0.1, 0.15) is 5.84 Å². The van der Waals surface area contributed by atoms with E-state index in [-0.39, 0.29) is 6.04 Å². The number of anilines is 1. The second-order valence-electron chi connectivity index (χ2n) is 5.07. The van der Waals surface area contributed by atoms with E-state index in [2.05, 4.69) is 42.1 Å². The molecule has 0 bridgehead atoms. The zero-order chi connectivity index (χ0) is 13.1. The summed E-state index contributed by atoms with van der Waals surface area (Å²) < 4.78 is 0. The van der Waals surface area contributed by atoms with Gasteiger partial charge in [-0.15, -0.1) is 0 Å². The molecule has 1 aromatic rings. The van der Waals surface area contributed by atoms with Gasteiger partial charge in [0.2, 0.25) is 0 Å². The van der Waals surface area contributed by atoms with Gasteiger partial charge in [0.15, 0.2) is 0 Å². The number of aryl methyl sites for hydroxylation is 2. The normalized spacial score (nSPS) is 17.4. The zero-order valence-corrected chi connectivity index (χ0v) is 11.1. The summed E-state index contributed by atoms with van der Waals surface area (Å²) in [5.74, 6) is 0.293. The Labute approximate surface area is 108 Å². The van der Waals surface area contributed by atoms with Crippen LogP contribution in [0.25, 0.3) is 0 Å². The van der Waals surface area contributed by atoms with Crippen LogP contribution in [0.3, 0.4) is 0 Å². The topological polar surface area (TPSA) is 61.8 Å². The fraction of sp³-hybridized carbons (Fsp3) is 0.500. The molecule has 1 aliphatic rings. The molecule has 3 N–H and O–H groups in total. The number of oxime groups is 1. The fourth-order valence-electron chi connectivity index (χ4n) is 2.67. The first kappa shape index (κ1) is 12.7. The number of nitrogens with two attached hydrogens (primary N) is 1. The summed E-state index contributed by atoms with van der Waals surface area (Å²) in [6, 6.07) is 6.85. The Bertz CT molecular complexity index is 456. The van der Waals surface area contributed by atoms with E-state index in [1.807, 2.05) is 0 Å². The summed E-state index contributed by atoms with van der Waals surface area (Å²) in [6.07, 6.45) is 2.89. The number of nitrogens with zero attached hydrogens (tertiary/aromatic N) is 2. The minimum absolute atomic E-state index is 0.252. The Hall–Kier alpha value is -1.71. The maximum atomic E-state index is 8.66. The molecule has 1 aliphatic heterocycles. The molecule has 0 saturated heterocycles. The van der Waals surface area contributed by atoms with Gasteiger partial charge in [-0.2, -0.15) is 0 Å². The first-order chi connectivity index (χ1) is 8.61. The molecule has 4 nitrogen and oxygen atoms in total. The van der Waals surface area contributed by atoms with Crippen molar-refractivity contribution in [1.29, 1.82) is 0 Å². The Balaban J connectivity index is 2.22. The van der Waals surface area contributed by atoms with Gasteiger partial charge in [-0.25, -0.2) is 0 Å². The van der Waals surface area contributed by atoms with Gasteiger partial charge < -0.3 is 15.8 Å². The third-order valence-corrected chi connectivity index (χ3v) is 3.55. The van der Waals surface area contributed by atoms with E-state index in [0.717, 1.165) is 19.4 Å². The van der Waals surface area contributed by atoms with E-state index in [1.165, 1.54) is 16.8 Å². The van der Waals surface area contributed by atoms with E-state index in [4.69, 9.17) is 10.9 Å². The van der Waals surface area contributed by atoms with Crippen molar-refractivity contribution in [3.05, 3.63) is 29.3 Å². The lowest BCUT2D eigenvalue weighted by molar-refractivity contribution is 0.316. The van der Waals surface area contributed by atoms with Crippen LogP contribution in [0.15, 0.2) is 23.4 Å². The molecule has 0 saturated carbocycles. The van der Waals surface area contributed by atoms with E-state index in [1.54, 1.807) is 0 Å². The molecule has 1 atom stereocenters. The third kappa shape index (κ3) is 2.58. The SMILES string of the molecule is Cc1ccc2c(c1)CCCN2C(C)CC(N)=NO. The number of hydrogen-bond donors (Lipinski definition) is 2. The van der Waals surface area contributed by atoms with Gasteiger partial charge in [0.25, 0.3) is 0 Å². The highest BCUT2D eigenvalue weighted by Crippen LogP contribution is 2.30. The van der Waals surface area contributed by atoms with Crippen LogP contribution in [-0.4, -0.2) is 23.6 Å². The lowest BCUT2D eigenvalue weighted by atomic mass is 9.97. The monoisotopic (exact) mass is 247 g/mol. The highest BCUT2D eigenvalue weighted by Gasteiger charge is 2.21. The van der Waals surface area contributed by atoms with Crippen LogP contribution in [0.5, 0.6) is 0 Å². The Morgan fingerprint density at radius 3 is 3.06 bits per heavy atom. The van der Waals surface area contributed by atoms with Crippen molar-refractivity contribution in [2.45, 2.75) is 39.2 Å². The molecule has 98 valence electrons. The van der Waals surface area contributed by atoms with Crippen molar-refractivity contribution in [2.75, 3.05) is 11.4 Å². The molecular formula is C14H21N3O. The second kappa shape index (κ2) is 5.29. The lowest BCUT2D eigenvalue weighted by Crippen LogP contribution is -2.39. The van der Waals surface area contributed by atoms with Gasteiger partial charge >= 0.3 is 0 Å². The van der Waals surface area contributed by atoms with Gasteiger partial charge in [-0.1, -0.05) is 22.9 Å². The molecule has 0 aliphatic carbocycles. The van der Waals surface area contributed by atoms with E-state index in [0.29, 0.717) is 12.3 Å². The summed E-state index contributed by atoms with van der Waals surface area (Å²) in [7, 11) is 0. The standard InChI is InChI=1S/C14H21N3O/c1-10-5-6-13-12(8-10)4-3-7-17(13)11(2)9-14(15)16-18/h5-6,8,11,18H,3-4,7,9H2,1-2H3,(H2,15,16). The lowest BCUT2D eigenvalue weighted by Gasteiger charge is -2.36. The van der Waals surface area contributed by atoms with Crippen molar-refractivity contribution in [3.63, 3.8) is 0 Å².